The third-order valence-electron chi connectivity index (χ3n) is 9.44. The van der Waals surface area contributed by atoms with E-state index < -0.39 is 0 Å². The molecule has 3 aromatic heterocycles. The van der Waals surface area contributed by atoms with Gasteiger partial charge in [0, 0.05) is 44.2 Å². The number of furan rings is 2. The molecule has 1 unspecified atom stereocenters. The molecule has 48 heavy (non-hydrogen) atoms. The van der Waals surface area contributed by atoms with Gasteiger partial charge in [-0.2, -0.15) is 0 Å². The molecule has 0 N–H and O–H groups in total. The maximum Gasteiger partial charge on any atom is 0.164 e. The topological polar surface area (TPSA) is 65.0 Å². The van der Waals surface area contributed by atoms with Gasteiger partial charge in [-0.05, 0) is 64.9 Å². The van der Waals surface area contributed by atoms with Crippen molar-refractivity contribution in [1.82, 2.24) is 15.0 Å². The zero-order chi connectivity index (χ0) is 31.6. The zero-order valence-corrected chi connectivity index (χ0v) is 25.8. The number of aromatic nitrogens is 3. The highest BCUT2D eigenvalue weighted by atomic mass is 16.3. The Kier molecular flexibility index (Phi) is 5.93. The van der Waals surface area contributed by atoms with E-state index in [1.54, 1.807) is 0 Å². The molecule has 226 valence electrons. The van der Waals surface area contributed by atoms with Crippen LogP contribution in [0.3, 0.4) is 0 Å². The molecule has 0 saturated carbocycles. The van der Waals surface area contributed by atoms with Gasteiger partial charge in [0.05, 0.1) is 0 Å². The number of benzene rings is 6. The minimum Gasteiger partial charge on any atom is -0.456 e. The molecule has 0 bridgehead atoms. The summed E-state index contributed by atoms with van der Waals surface area (Å²) in [5.74, 6) is 2.01. The maximum absolute atomic E-state index is 6.52. The number of para-hydroxylation sites is 2. The smallest absolute Gasteiger partial charge is 0.164 e. The Labute approximate surface area is 275 Å². The monoisotopic (exact) mass is 617 g/mol. The summed E-state index contributed by atoms with van der Waals surface area (Å²) >= 11 is 0. The highest BCUT2D eigenvalue weighted by Crippen LogP contribution is 2.40. The summed E-state index contributed by atoms with van der Waals surface area (Å²) in [5.41, 5.74) is 7.26. The Balaban J connectivity index is 1.23. The van der Waals surface area contributed by atoms with Crippen molar-refractivity contribution in [2.24, 2.45) is 0 Å². The van der Waals surface area contributed by atoms with E-state index in [4.69, 9.17) is 23.8 Å². The van der Waals surface area contributed by atoms with Gasteiger partial charge in [0.2, 0.25) is 0 Å². The van der Waals surface area contributed by atoms with Crippen molar-refractivity contribution in [2.75, 3.05) is 0 Å². The fourth-order valence-electron chi connectivity index (χ4n) is 7.09. The van der Waals surface area contributed by atoms with E-state index in [0.29, 0.717) is 17.5 Å². The summed E-state index contributed by atoms with van der Waals surface area (Å²) in [4.78, 5) is 15.4. The summed E-state index contributed by atoms with van der Waals surface area (Å²) in [6.45, 7) is 0. The minimum absolute atomic E-state index is 0.183. The molecule has 0 spiro atoms. The van der Waals surface area contributed by atoms with Gasteiger partial charge < -0.3 is 8.83 Å². The van der Waals surface area contributed by atoms with E-state index in [1.807, 2.05) is 72.8 Å². The molecule has 5 heteroatoms. The van der Waals surface area contributed by atoms with Crippen molar-refractivity contribution < 1.29 is 8.83 Å². The van der Waals surface area contributed by atoms with Crippen LogP contribution in [0, 0.1) is 0 Å². The number of fused-ring (bicyclic) bond motifs is 7. The lowest BCUT2D eigenvalue weighted by molar-refractivity contribution is 0.667. The number of hydrogen-bond acceptors (Lipinski definition) is 5. The quantitative estimate of drug-likeness (QED) is 0.197. The number of hydrogen-bond donors (Lipinski definition) is 0. The van der Waals surface area contributed by atoms with Crippen LogP contribution < -0.4 is 10.4 Å². The fourth-order valence-corrected chi connectivity index (χ4v) is 7.09. The van der Waals surface area contributed by atoms with Crippen molar-refractivity contribution in [3.8, 4) is 34.2 Å². The molecular weight excluding hydrogens is 590 g/mol. The van der Waals surface area contributed by atoms with Crippen molar-refractivity contribution in [3.05, 3.63) is 149 Å². The molecule has 1 atom stereocenters. The van der Waals surface area contributed by atoms with Crippen LogP contribution in [0.25, 0.3) is 90.2 Å². The maximum atomic E-state index is 6.52. The second kappa shape index (κ2) is 10.6. The molecule has 3 heterocycles. The lowest BCUT2D eigenvalue weighted by atomic mass is 9.88. The minimum atomic E-state index is 0.183. The van der Waals surface area contributed by atoms with Crippen LogP contribution in [0.5, 0.6) is 0 Å². The zero-order valence-electron chi connectivity index (χ0n) is 25.8. The molecule has 0 saturated heterocycles. The van der Waals surface area contributed by atoms with E-state index >= 15 is 0 Å². The predicted octanol–water partition coefficient (Wildman–Crippen LogP) is 9.42. The molecule has 9 aromatic rings. The summed E-state index contributed by atoms with van der Waals surface area (Å²) in [7, 11) is 0. The molecule has 6 aromatic carbocycles. The molecule has 10 rings (SSSR count). The van der Waals surface area contributed by atoms with Crippen LogP contribution in [0.15, 0.2) is 142 Å². The van der Waals surface area contributed by atoms with E-state index in [2.05, 4.69) is 72.8 Å². The normalized spacial score (nSPS) is 14.3. The van der Waals surface area contributed by atoms with Crippen LogP contribution >= 0.6 is 0 Å². The van der Waals surface area contributed by atoms with Crippen molar-refractivity contribution >= 4 is 56.0 Å². The molecule has 0 amide bonds. The van der Waals surface area contributed by atoms with Crippen LogP contribution in [0.1, 0.15) is 17.9 Å². The summed E-state index contributed by atoms with van der Waals surface area (Å²) in [6, 6.07) is 45.6. The first-order chi connectivity index (χ1) is 23.7. The van der Waals surface area contributed by atoms with Crippen LogP contribution in [-0.4, -0.2) is 15.0 Å². The average molecular weight is 618 g/mol. The van der Waals surface area contributed by atoms with Crippen LogP contribution in [-0.2, 0) is 0 Å². The summed E-state index contributed by atoms with van der Waals surface area (Å²) in [5, 5.41) is 6.65. The van der Waals surface area contributed by atoms with Gasteiger partial charge in [-0.3, -0.25) is 0 Å². The molecule has 5 nitrogen and oxygen atoms in total. The molecule has 0 aliphatic heterocycles. The summed E-state index contributed by atoms with van der Waals surface area (Å²) in [6.07, 6.45) is 5.59. The Bertz CT molecular complexity index is 2830. The van der Waals surface area contributed by atoms with Crippen molar-refractivity contribution in [1.29, 1.82) is 0 Å². The van der Waals surface area contributed by atoms with Gasteiger partial charge in [0.15, 0.2) is 17.5 Å². The highest BCUT2D eigenvalue weighted by Gasteiger charge is 2.22. The first-order valence-electron chi connectivity index (χ1n) is 16.2. The van der Waals surface area contributed by atoms with Gasteiger partial charge in [-0.15, -0.1) is 0 Å². The standard InChI is InChI=1S/C43H27N3O2/c1-2-11-27(12-3-1)41-44-42(30-20-21-38-34(23-30)32-14-6-8-16-36(32)47-38)46-43(45-41)35-24-31(29-19-18-26-10-4-5-13-28(26)22-29)25-39-40(35)33-15-7-9-17-37(33)48-39/h1-18,20-25,29H,19H2. The molecular formula is C43H27N3O2. The predicted molar refractivity (Wildman–Crippen MR) is 193 cm³/mol. The highest BCUT2D eigenvalue weighted by molar-refractivity contribution is 6.12. The Morgan fingerprint density at radius 2 is 1.12 bits per heavy atom. The van der Waals surface area contributed by atoms with Gasteiger partial charge in [0.1, 0.15) is 22.3 Å². The largest absolute Gasteiger partial charge is 0.456 e. The van der Waals surface area contributed by atoms with E-state index in [1.165, 1.54) is 10.4 Å². The van der Waals surface area contributed by atoms with Gasteiger partial charge in [0.25, 0.3) is 0 Å². The average Bonchev–Trinajstić information content (AvgIpc) is 3.72. The van der Waals surface area contributed by atoms with E-state index in [-0.39, 0.29) is 5.92 Å². The van der Waals surface area contributed by atoms with Gasteiger partial charge in [-0.25, -0.2) is 15.0 Å². The van der Waals surface area contributed by atoms with Crippen molar-refractivity contribution in [3.63, 3.8) is 0 Å². The second-order valence-corrected chi connectivity index (χ2v) is 12.4. The molecule has 0 radical (unpaired) electrons. The molecule has 0 fully saturated rings. The van der Waals surface area contributed by atoms with E-state index in [9.17, 15) is 0 Å². The van der Waals surface area contributed by atoms with Gasteiger partial charge >= 0.3 is 0 Å². The van der Waals surface area contributed by atoms with E-state index in [0.717, 1.165) is 72.6 Å². The lowest BCUT2D eigenvalue weighted by Gasteiger charge is -2.16. The SMILES string of the molecule is C1=c2ccccc2=CC(c2cc(-c3nc(-c4ccccc4)nc(-c4ccc5oc6ccccc6c5c4)n3)c3c(c2)oc2ccccc23)C1. The van der Waals surface area contributed by atoms with Gasteiger partial charge in [-0.1, -0.05) is 103 Å². The molecule has 1 aliphatic carbocycles. The molecule has 1 aliphatic rings. The number of rotatable bonds is 4. The fraction of sp³-hybridized carbons (Fsp3) is 0.0465. The lowest BCUT2D eigenvalue weighted by Crippen LogP contribution is -2.27. The summed E-state index contributed by atoms with van der Waals surface area (Å²) < 4.78 is 12.7. The van der Waals surface area contributed by atoms with Crippen molar-refractivity contribution in [2.45, 2.75) is 12.3 Å². The third-order valence-corrected chi connectivity index (χ3v) is 9.44. The first kappa shape index (κ1) is 26.8. The Morgan fingerprint density at radius 3 is 1.98 bits per heavy atom. The Hall–Kier alpha value is -6.33. The third kappa shape index (κ3) is 4.36. The van der Waals surface area contributed by atoms with Crippen LogP contribution in [0.4, 0.5) is 0 Å². The number of nitrogens with zero attached hydrogens (tertiary/aromatic N) is 3. The first-order valence-corrected chi connectivity index (χ1v) is 16.2. The van der Waals surface area contributed by atoms with Crippen LogP contribution in [0.2, 0.25) is 0 Å². The second-order valence-electron chi connectivity index (χ2n) is 12.4. The Morgan fingerprint density at radius 1 is 0.479 bits per heavy atom.